The molecule has 0 radical (unpaired) electrons. The number of benzene rings is 1. The SMILES string of the molecule is CCOc1ccc(-c2cc(C(=O)N3CCC(c4n[nH]c(C)n4)CC3)[nH]n2)cc1. The molecule has 146 valence electrons. The van der Waals surface area contributed by atoms with Crippen LogP contribution in [0.1, 0.15) is 47.8 Å². The lowest BCUT2D eigenvalue weighted by Gasteiger charge is -2.30. The van der Waals surface area contributed by atoms with E-state index in [0.717, 1.165) is 41.5 Å². The van der Waals surface area contributed by atoms with Crippen molar-refractivity contribution in [3.8, 4) is 17.0 Å². The highest BCUT2D eigenvalue weighted by Crippen LogP contribution is 2.27. The number of carbonyl (C=O) groups is 1. The van der Waals surface area contributed by atoms with Crippen LogP contribution in [-0.2, 0) is 0 Å². The minimum Gasteiger partial charge on any atom is -0.494 e. The van der Waals surface area contributed by atoms with E-state index < -0.39 is 0 Å². The predicted octanol–water partition coefficient (Wildman–Crippen LogP) is 2.92. The van der Waals surface area contributed by atoms with Gasteiger partial charge in [-0.05, 0) is 57.0 Å². The molecule has 1 aromatic carbocycles. The first-order valence-corrected chi connectivity index (χ1v) is 9.61. The van der Waals surface area contributed by atoms with Gasteiger partial charge in [-0.1, -0.05) is 0 Å². The Kier molecular flexibility index (Phi) is 5.10. The molecule has 0 unspecified atom stereocenters. The number of hydrogen-bond acceptors (Lipinski definition) is 5. The van der Waals surface area contributed by atoms with Crippen LogP contribution in [0.3, 0.4) is 0 Å². The first-order chi connectivity index (χ1) is 13.6. The third kappa shape index (κ3) is 3.76. The van der Waals surface area contributed by atoms with Crippen molar-refractivity contribution in [3.63, 3.8) is 0 Å². The van der Waals surface area contributed by atoms with Crippen LogP contribution in [-0.4, -0.2) is 55.9 Å². The molecule has 8 heteroatoms. The van der Waals surface area contributed by atoms with E-state index in [1.165, 1.54) is 0 Å². The Balaban J connectivity index is 1.39. The van der Waals surface area contributed by atoms with Crippen molar-refractivity contribution in [2.24, 2.45) is 0 Å². The molecule has 0 aliphatic carbocycles. The molecule has 8 nitrogen and oxygen atoms in total. The molecule has 28 heavy (non-hydrogen) atoms. The smallest absolute Gasteiger partial charge is 0.271 e. The van der Waals surface area contributed by atoms with E-state index in [9.17, 15) is 4.79 Å². The summed E-state index contributed by atoms with van der Waals surface area (Å²) in [4.78, 5) is 19.1. The van der Waals surface area contributed by atoms with E-state index in [0.29, 0.717) is 31.3 Å². The van der Waals surface area contributed by atoms with Crippen LogP contribution in [0.15, 0.2) is 30.3 Å². The Morgan fingerprint density at radius 3 is 2.57 bits per heavy atom. The van der Waals surface area contributed by atoms with Gasteiger partial charge in [0.25, 0.3) is 5.91 Å². The van der Waals surface area contributed by atoms with Gasteiger partial charge in [0.1, 0.15) is 17.3 Å². The number of likely N-dealkylation sites (tertiary alicyclic amines) is 1. The number of amides is 1. The summed E-state index contributed by atoms with van der Waals surface area (Å²) in [5.41, 5.74) is 2.20. The summed E-state index contributed by atoms with van der Waals surface area (Å²) in [7, 11) is 0. The number of aromatic nitrogens is 5. The van der Waals surface area contributed by atoms with Gasteiger partial charge >= 0.3 is 0 Å². The molecule has 4 rings (SSSR count). The topological polar surface area (TPSA) is 99.8 Å². The third-order valence-corrected chi connectivity index (χ3v) is 5.03. The van der Waals surface area contributed by atoms with Gasteiger partial charge in [0.2, 0.25) is 0 Å². The number of hydrogen-bond donors (Lipinski definition) is 2. The molecule has 1 aliphatic heterocycles. The van der Waals surface area contributed by atoms with Crippen LogP contribution >= 0.6 is 0 Å². The van der Waals surface area contributed by atoms with Crippen LogP contribution in [0.5, 0.6) is 5.75 Å². The Morgan fingerprint density at radius 1 is 1.18 bits per heavy atom. The Morgan fingerprint density at radius 2 is 1.93 bits per heavy atom. The second-order valence-electron chi connectivity index (χ2n) is 6.97. The first-order valence-electron chi connectivity index (χ1n) is 9.61. The summed E-state index contributed by atoms with van der Waals surface area (Å²) in [5.74, 6) is 2.78. The molecule has 3 heterocycles. The summed E-state index contributed by atoms with van der Waals surface area (Å²) >= 11 is 0. The molecule has 0 bridgehead atoms. The van der Waals surface area contributed by atoms with Crippen molar-refractivity contribution >= 4 is 5.91 Å². The summed E-state index contributed by atoms with van der Waals surface area (Å²) in [5, 5.41) is 14.3. The maximum Gasteiger partial charge on any atom is 0.271 e. The van der Waals surface area contributed by atoms with Crippen molar-refractivity contribution in [3.05, 3.63) is 47.7 Å². The van der Waals surface area contributed by atoms with Gasteiger partial charge in [-0.25, -0.2) is 4.98 Å². The van der Waals surface area contributed by atoms with Crippen LogP contribution in [0.4, 0.5) is 0 Å². The number of nitrogens with zero attached hydrogens (tertiary/aromatic N) is 4. The number of H-pyrrole nitrogens is 2. The maximum absolute atomic E-state index is 12.8. The molecule has 2 N–H and O–H groups in total. The van der Waals surface area contributed by atoms with Gasteiger partial charge in [0.05, 0.1) is 12.3 Å². The fraction of sp³-hybridized carbons (Fsp3) is 0.400. The van der Waals surface area contributed by atoms with Crippen LogP contribution in [0, 0.1) is 6.92 Å². The number of ether oxygens (including phenoxy) is 1. The van der Waals surface area contributed by atoms with Gasteiger partial charge in [0, 0.05) is 24.6 Å². The zero-order chi connectivity index (χ0) is 19.5. The average molecular weight is 380 g/mol. The largest absolute Gasteiger partial charge is 0.494 e. The van der Waals surface area contributed by atoms with Crippen molar-refractivity contribution in [2.45, 2.75) is 32.6 Å². The van der Waals surface area contributed by atoms with E-state index >= 15 is 0 Å². The lowest BCUT2D eigenvalue weighted by Crippen LogP contribution is -2.38. The van der Waals surface area contributed by atoms with E-state index in [1.807, 2.05) is 49.1 Å². The van der Waals surface area contributed by atoms with Crippen molar-refractivity contribution < 1.29 is 9.53 Å². The monoisotopic (exact) mass is 380 g/mol. The van der Waals surface area contributed by atoms with Gasteiger partial charge in [0.15, 0.2) is 5.82 Å². The highest BCUT2D eigenvalue weighted by molar-refractivity contribution is 5.93. The fourth-order valence-corrected chi connectivity index (χ4v) is 3.52. The lowest BCUT2D eigenvalue weighted by molar-refractivity contribution is 0.0705. The van der Waals surface area contributed by atoms with E-state index in [1.54, 1.807) is 0 Å². The number of rotatable bonds is 5. The Bertz CT molecular complexity index is 938. The highest BCUT2D eigenvalue weighted by atomic mass is 16.5. The quantitative estimate of drug-likeness (QED) is 0.709. The molecule has 3 aromatic rings. The van der Waals surface area contributed by atoms with Crippen LogP contribution in [0.2, 0.25) is 0 Å². The number of aryl methyl sites for hydroxylation is 1. The van der Waals surface area contributed by atoms with Gasteiger partial charge in [-0.2, -0.15) is 10.2 Å². The average Bonchev–Trinajstić information content (AvgIpc) is 3.38. The molecule has 1 saturated heterocycles. The lowest BCUT2D eigenvalue weighted by atomic mass is 9.96. The first kappa shape index (κ1) is 18.2. The second kappa shape index (κ2) is 7.84. The normalized spacial score (nSPS) is 15.0. The maximum atomic E-state index is 12.8. The van der Waals surface area contributed by atoms with Gasteiger partial charge in [-0.15, -0.1) is 0 Å². The predicted molar refractivity (Wildman–Crippen MR) is 104 cm³/mol. The number of piperidine rings is 1. The molecule has 2 aromatic heterocycles. The molecule has 0 saturated carbocycles. The number of carbonyl (C=O) groups excluding carboxylic acids is 1. The van der Waals surface area contributed by atoms with E-state index in [2.05, 4.69) is 25.4 Å². The van der Waals surface area contributed by atoms with E-state index in [-0.39, 0.29) is 5.91 Å². The standard InChI is InChI=1S/C20H24N6O2/c1-3-28-16-6-4-14(5-7-16)17-12-18(24-23-17)20(27)26-10-8-15(9-11-26)19-21-13(2)22-25-19/h4-7,12,15H,3,8-11H2,1-2H3,(H,23,24)(H,21,22,25). The fourth-order valence-electron chi connectivity index (χ4n) is 3.52. The Hall–Kier alpha value is -3.16. The molecule has 1 amide bonds. The number of nitrogens with one attached hydrogen (secondary N) is 2. The van der Waals surface area contributed by atoms with E-state index in [4.69, 9.17) is 4.74 Å². The molecule has 0 spiro atoms. The molecule has 1 fully saturated rings. The van der Waals surface area contributed by atoms with Crippen LogP contribution < -0.4 is 4.74 Å². The zero-order valence-electron chi connectivity index (χ0n) is 16.1. The minimum absolute atomic E-state index is 0.0192. The second-order valence-corrected chi connectivity index (χ2v) is 6.97. The van der Waals surface area contributed by atoms with Crippen molar-refractivity contribution in [1.82, 2.24) is 30.3 Å². The summed E-state index contributed by atoms with van der Waals surface area (Å²) < 4.78 is 5.46. The number of aromatic amines is 2. The Labute approximate surface area is 163 Å². The van der Waals surface area contributed by atoms with Crippen molar-refractivity contribution in [1.29, 1.82) is 0 Å². The molecule has 1 aliphatic rings. The van der Waals surface area contributed by atoms with Crippen LogP contribution in [0.25, 0.3) is 11.3 Å². The van der Waals surface area contributed by atoms with Gasteiger partial charge < -0.3 is 9.64 Å². The summed E-state index contributed by atoms with van der Waals surface area (Å²) in [6.45, 7) is 5.86. The van der Waals surface area contributed by atoms with Gasteiger partial charge in [-0.3, -0.25) is 15.0 Å². The molecule has 0 atom stereocenters. The minimum atomic E-state index is -0.0192. The summed E-state index contributed by atoms with van der Waals surface area (Å²) in [6, 6.07) is 9.51. The molecular formula is C20H24N6O2. The zero-order valence-corrected chi connectivity index (χ0v) is 16.1. The van der Waals surface area contributed by atoms with Crippen molar-refractivity contribution in [2.75, 3.05) is 19.7 Å². The summed E-state index contributed by atoms with van der Waals surface area (Å²) in [6.07, 6.45) is 1.73. The molecular weight excluding hydrogens is 356 g/mol. The third-order valence-electron chi connectivity index (χ3n) is 5.03. The highest BCUT2D eigenvalue weighted by Gasteiger charge is 2.27.